The molecule has 0 spiro atoms. The highest BCUT2D eigenvalue weighted by atomic mass is 16.5. The predicted molar refractivity (Wildman–Crippen MR) is 78.9 cm³/mol. The largest absolute Gasteiger partial charge is 0.395 e. The summed E-state index contributed by atoms with van der Waals surface area (Å²) in [5, 5.41) is 13.1. The van der Waals surface area contributed by atoms with Crippen molar-refractivity contribution in [2.75, 3.05) is 59.2 Å². The van der Waals surface area contributed by atoms with E-state index >= 15 is 0 Å². The maximum absolute atomic E-state index is 9.52. The summed E-state index contributed by atoms with van der Waals surface area (Å²) in [7, 11) is 0. The zero-order valence-electron chi connectivity index (χ0n) is 12.8. The first-order valence-electron chi connectivity index (χ1n) is 8.01. The van der Waals surface area contributed by atoms with Crippen molar-refractivity contribution < 1.29 is 14.6 Å². The minimum absolute atomic E-state index is 0.147. The van der Waals surface area contributed by atoms with E-state index in [4.69, 9.17) is 9.47 Å². The Bertz CT molecular complexity index is 270. The van der Waals surface area contributed by atoms with E-state index in [0.29, 0.717) is 6.61 Å². The second-order valence-electron chi connectivity index (χ2n) is 6.21. The highest BCUT2D eigenvalue weighted by molar-refractivity contribution is 4.90. The monoisotopic (exact) mass is 286 g/mol. The summed E-state index contributed by atoms with van der Waals surface area (Å²) in [4.78, 5) is 2.39. The van der Waals surface area contributed by atoms with Crippen LogP contribution in [-0.2, 0) is 9.47 Å². The summed E-state index contributed by atoms with van der Waals surface area (Å²) in [6, 6.07) is 0.147. The average molecular weight is 286 g/mol. The van der Waals surface area contributed by atoms with Crippen LogP contribution in [-0.4, -0.2) is 75.3 Å². The van der Waals surface area contributed by atoms with Gasteiger partial charge in [-0.15, -0.1) is 0 Å². The van der Waals surface area contributed by atoms with Crippen molar-refractivity contribution in [1.29, 1.82) is 0 Å². The molecule has 0 aliphatic carbocycles. The molecule has 118 valence electrons. The zero-order chi connectivity index (χ0) is 14.3. The van der Waals surface area contributed by atoms with Gasteiger partial charge in [0.25, 0.3) is 0 Å². The van der Waals surface area contributed by atoms with Gasteiger partial charge in [-0.05, 0) is 25.8 Å². The molecule has 0 aromatic rings. The summed E-state index contributed by atoms with van der Waals surface area (Å²) in [5.41, 5.74) is 0.193. The van der Waals surface area contributed by atoms with Crippen LogP contribution in [0.5, 0.6) is 0 Å². The first-order valence-corrected chi connectivity index (χ1v) is 8.01. The Morgan fingerprint density at radius 3 is 2.95 bits per heavy atom. The smallest absolute Gasteiger partial charge is 0.0644 e. The molecule has 0 amide bonds. The van der Waals surface area contributed by atoms with E-state index in [2.05, 4.69) is 17.1 Å². The molecule has 2 atom stereocenters. The minimum atomic E-state index is 0.147. The average Bonchev–Trinajstić information content (AvgIpc) is 2.49. The molecule has 20 heavy (non-hydrogen) atoms. The summed E-state index contributed by atoms with van der Waals surface area (Å²) >= 11 is 0. The number of morpholine rings is 1. The molecule has 0 saturated carbocycles. The second kappa shape index (κ2) is 8.29. The van der Waals surface area contributed by atoms with Crippen LogP contribution in [0.4, 0.5) is 0 Å². The van der Waals surface area contributed by atoms with E-state index in [-0.39, 0.29) is 18.1 Å². The van der Waals surface area contributed by atoms with Gasteiger partial charge in [0.15, 0.2) is 0 Å². The Morgan fingerprint density at radius 1 is 1.35 bits per heavy atom. The van der Waals surface area contributed by atoms with Crippen LogP contribution >= 0.6 is 0 Å². The molecular weight excluding hydrogens is 256 g/mol. The number of rotatable bonds is 7. The maximum Gasteiger partial charge on any atom is 0.0644 e. The van der Waals surface area contributed by atoms with Crippen LogP contribution in [0.2, 0.25) is 0 Å². The van der Waals surface area contributed by atoms with Gasteiger partial charge in [0, 0.05) is 31.7 Å². The number of ether oxygens (including phenoxy) is 2. The Morgan fingerprint density at radius 2 is 2.25 bits per heavy atom. The summed E-state index contributed by atoms with van der Waals surface area (Å²) in [6.45, 7) is 9.51. The van der Waals surface area contributed by atoms with Crippen LogP contribution in [0.3, 0.4) is 0 Å². The lowest BCUT2D eigenvalue weighted by molar-refractivity contribution is -0.0750. The van der Waals surface area contributed by atoms with Crippen molar-refractivity contribution in [3.63, 3.8) is 0 Å². The van der Waals surface area contributed by atoms with Crippen molar-refractivity contribution >= 4 is 0 Å². The molecule has 0 aromatic heterocycles. The molecular formula is C15H30N2O3. The first-order chi connectivity index (χ1) is 9.79. The maximum atomic E-state index is 9.52. The van der Waals surface area contributed by atoms with Crippen molar-refractivity contribution in [3.8, 4) is 0 Å². The number of nitrogens with zero attached hydrogens (tertiary/aromatic N) is 1. The summed E-state index contributed by atoms with van der Waals surface area (Å²) in [5.74, 6) is 0. The second-order valence-corrected chi connectivity index (χ2v) is 6.21. The lowest BCUT2D eigenvalue weighted by Crippen LogP contribution is -2.55. The fraction of sp³-hybridized carbons (Fsp3) is 1.00. The van der Waals surface area contributed by atoms with Gasteiger partial charge in [-0.1, -0.05) is 6.92 Å². The number of nitrogens with one attached hydrogen (secondary N) is 1. The third-order valence-corrected chi connectivity index (χ3v) is 4.43. The van der Waals surface area contributed by atoms with Gasteiger partial charge >= 0.3 is 0 Å². The summed E-state index contributed by atoms with van der Waals surface area (Å²) < 4.78 is 11.2. The van der Waals surface area contributed by atoms with Gasteiger partial charge in [-0.2, -0.15) is 0 Å². The van der Waals surface area contributed by atoms with E-state index in [9.17, 15) is 5.11 Å². The predicted octanol–water partition coefficient (Wildman–Crippen LogP) is 0.476. The van der Waals surface area contributed by atoms with Crippen LogP contribution < -0.4 is 5.32 Å². The van der Waals surface area contributed by atoms with Crippen molar-refractivity contribution in [2.45, 2.75) is 32.2 Å². The van der Waals surface area contributed by atoms with E-state index in [0.717, 1.165) is 58.8 Å². The Labute approximate surface area is 122 Å². The van der Waals surface area contributed by atoms with Gasteiger partial charge in [-0.25, -0.2) is 0 Å². The zero-order valence-corrected chi connectivity index (χ0v) is 12.8. The molecule has 0 bridgehead atoms. The van der Waals surface area contributed by atoms with Gasteiger partial charge < -0.3 is 19.9 Å². The number of aliphatic hydroxyl groups excluding tert-OH is 1. The third kappa shape index (κ3) is 4.40. The van der Waals surface area contributed by atoms with Gasteiger partial charge in [0.2, 0.25) is 0 Å². The minimum Gasteiger partial charge on any atom is -0.395 e. The molecule has 2 aliphatic heterocycles. The number of hydrogen-bond acceptors (Lipinski definition) is 5. The molecule has 5 heteroatoms. The van der Waals surface area contributed by atoms with E-state index in [1.807, 2.05) is 0 Å². The lowest BCUT2D eigenvalue weighted by Gasteiger charge is -2.44. The Kier molecular flexibility index (Phi) is 6.71. The SMILES string of the molecule is CCCNCC1(CN2CCOCC2CO)CCCOC1. The molecule has 2 N–H and O–H groups in total. The van der Waals surface area contributed by atoms with E-state index in [1.165, 1.54) is 6.42 Å². The van der Waals surface area contributed by atoms with Crippen LogP contribution in [0.15, 0.2) is 0 Å². The lowest BCUT2D eigenvalue weighted by atomic mass is 9.81. The topological polar surface area (TPSA) is 54.0 Å². The van der Waals surface area contributed by atoms with Crippen LogP contribution in [0, 0.1) is 5.41 Å². The highest BCUT2D eigenvalue weighted by Crippen LogP contribution is 2.30. The summed E-state index contributed by atoms with van der Waals surface area (Å²) in [6.07, 6.45) is 3.51. The number of hydrogen-bond donors (Lipinski definition) is 2. The molecule has 2 fully saturated rings. The van der Waals surface area contributed by atoms with Crippen molar-refractivity contribution in [3.05, 3.63) is 0 Å². The molecule has 2 rings (SSSR count). The molecule has 2 heterocycles. The number of aliphatic hydroxyl groups is 1. The van der Waals surface area contributed by atoms with Crippen molar-refractivity contribution in [1.82, 2.24) is 10.2 Å². The standard InChI is InChI=1S/C15H30N2O3/c1-2-5-16-11-15(4-3-7-20-13-15)12-17-6-8-19-10-14(17)9-18/h14,16,18H,2-13H2,1H3. The van der Waals surface area contributed by atoms with Gasteiger partial charge in [0.05, 0.1) is 32.5 Å². The van der Waals surface area contributed by atoms with E-state index < -0.39 is 0 Å². The first kappa shape index (κ1) is 16.2. The molecule has 2 aliphatic rings. The van der Waals surface area contributed by atoms with Crippen LogP contribution in [0.1, 0.15) is 26.2 Å². The Balaban J connectivity index is 1.94. The van der Waals surface area contributed by atoms with Crippen LogP contribution in [0.25, 0.3) is 0 Å². The molecule has 2 saturated heterocycles. The highest BCUT2D eigenvalue weighted by Gasteiger charge is 2.37. The fourth-order valence-electron chi connectivity index (χ4n) is 3.26. The molecule has 2 unspecified atom stereocenters. The molecule has 5 nitrogen and oxygen atoms in total. The molecule has 0 radical (unpaired) electrons. The van der Waals surface area contributed by atoms with Gasteiger partial charge in [0.1, 0.15) is 0 Å². The third-order valence-electron chi connectivity index (χ3n) is 4.43. The van der Waals surface area contributed by atoms with Crippen molar-refractivity contribution in [2.24, 2.45) is 5.41 Å². The molecule has 0 aromatic carbocycles. The van der Waals surface area contributed by atoms with Gasteiger partial charge in [-0.3, -0.25) is 4.90 Å². The quantitative estimate of drug-likeness (QED) is 0.667. The van der Waals surface area contributed by atoms with E-state index in [1.54, 1.807) is 0 Å². The Hall–Kier alpha value is -0.200. The normalized spacial score (nSPS) is 32.4. The fourth-order valence-corrected chi connectivity index (χ4v) is 3.26.